The monoisotopic (exact) mass is 491 g/mol. The van der Waals surface area contributed by atoms with Crippen LogP contribution in [0.2, 0.25) is 0 Å². The van der Waals surface area contributed by atoms with Gasteiger partial charge < -0.3 is 14.2 Å². The minimum absolute atomic E-state index is 0.0185. The van der Waals surface area contributed by atoms with Gasteiger partial charge in [-0.25, -0.2) is 0 Å². The van der Waals surface area contributed by atoms with Crippen LogP contribution in [-0.2, 0) is 12.8 Å². The molecule has 184 valence electrons. The van der Waals surface area contributed by atoms with Gasteiger partial charge in [-0.05, 0) is 42.2 Å². The molecule has 1 aromatic heterocycles. The van der Waals surface area contributed by atoms with E-state index in [1.165, 1.54) is 37.5 Å². The van der Waals surface area contributed by atoms with E-state index in [0.29, 0.717) is 10.8 Å². The molecule has 2 N–H and O–H groups in total. The quantitative estimate of drug-likeness (QED) is 0.463. The van der Waals surface area contributed by atoms with Gasteiger partial charge in [-0.2, -0.15) is 0 Å². The third-order valence-corrected chi connectivity index (χ3v) is 7.29. The highest BCUT2D eigenvalue weighted by Gasteiger charge is 2.33. The van der Waals surface area contributed by atoms with Crippen LogP contribution in [0, 0.1) is 21.4 Å². The molecular weight excluding hydrogens is 462 g/mol. The molecule has 0 saturated carbocycles. The smallest absolute Gasteiger partial charge is 0.327 e. The summed E-state index contributed by atoms with van der Waals surface area (Å²) in [5.41, 5.74) is 5.00. The fourth-order valence-corrected chi connectivity index (χ4v) is 5.22. The van der Waals surface area contributed by atoms with Crippen molar-refractivity contribution < 1.29 is 28.7 Å². The van der Waals surface area contributed by atoms with Gasteiger partial charge in [-0.1, -0.05) is 20.8 Å². The standard InChI is InChI=1S/C23H29N3O7S/c1-23(2,3)13-7-8-16-12(9-13)10-17(34-16)22(28)25-24-21(27)14-11-15(31-4)19(32-5)20(33-6)18(14)26(29)30/h10-11,13H,7-9H2,1-6H3,(H,24,27)(H,25,28). The van der Waals surface area contributed by atoms with Crippen molar-refractivity contribution >= 4 is 28.8 Å². The fourth-order valence-electron chi connectivity index (χ4n) is 4.11. The first-order chi connectivity index (χ1) is 16.0. The largest absolute Gasteiger partial charge is 0.493 e. The lowest BCUT2D eigenvalue weighted by atomic mass is 9.72. The molecule has 1 unspecified atom stereocenters. The van der Waals surface area contributed by atoms with E-state index in [1.807, 2.05) is 6.07 Å². The Bertz CT molecular complexity index is 1120. The summed E-state index contributed by atoms with van der Waals surface area (Å²) in [4.78, 5) is 38.1. The van der Waals surface area contributed by atoms with Crippen molar-refractivity contribution in [3.05, 3.63) is 43.1 Å². The molecule has 1 aromatic carbocycles. The second-order valence-corrected chi connectivity index (χ2v) is 10.2. The number of hydrazine groups is 1. The summed E-state index contributed by atoms with van der Waals surface area (Å²) >= 11 is 1.40. The average molecular weight is 492 g/mol. The molecule has 0 saturated heterocycles. The number of nitrogens with zero attached hydrogens (tertiary/aromatic N) is 1. The van der Waals surface area contributed by atoms with Gasteiger partial charge >= 0.3 is 5.69 Å². The number of hydrogen-bond donors (Lipinski definition) is 2. The molecule has 3 rings (SSSR count). The number of rotatable bonds is 6. The van der Waals surface area contributed by atoms with E-state index >= 15 is 0 Å². The number of aryl methyl sites for hydroxylation is 1. The third kappa shape index (κ3) is 4.93. The Morgan fingerprint density at radius 1 is 1.06 bits per heavy atom. The number of ether oxygens (including phenoxy) is 3. The van der Waals surface area contributed by atoms with Crippen LogP contribution >= 0.6 is 11.3 Å². The summed E-state index contributed by atoms with van der Waals surface area (Å²) in [5, 5.41) is 11.7. The van der Waals surface area contributed by atoms with Crippen LogP contribution in [0.15, 0.2) is 12.1 Å². The van der Waals surface area contributed by atoms with Gasteiger partial charge in [0.2, 0.25) is 11.5 Å². The number of carbonyl (C=O) groups excluding carboxylic acids is 2. The molecule has 1 aliphatic carbocycles. The first kappa shape index (κ1) is 25.3. The van der Waals surface area contributed by atoms with Crippen molar-refractivity contribution in [1.82, 2.24) is 10.9 Å². The number of amides is 2. The molecular formula is C23H29N3O7S. The summed E-state index contributed by atoms with van der Waals surface area (Å²) in [6.45, 7) is 6.67. The first-order valence-corrected chi connectivity index (χ1v) is 11.5. The molecule has 0 fully saturated rings. The van der Waals surface area contributed by atoms with Gasteiger partial charge in [0.25, 0.3) is 11.8 Å². The number of thiophene rings is 1. The maximum Gasteiger partial charge on any atom is 0.327 e. The van der Waals surface area contributed by atoms with E-state index in [-0.39, 0.29) is 28.2 Å². The van der Waals surface area contributed by atoms with Crippen LogP contribution in [0.4, 0.5) is 5.69 Å². The van der Waals surface area contributed by atoms with Gasteiger partial charge in [-0.15, -0.1) is 11.3 Å². The van der Waals surface area contributed by atoms with Gasteiger partial charge in [-0.3, -0.25) is 30.6 Å². The maximum atomic E-state index is 12.8. The lowest BCUT2D eigenvalue weighted by molar-refractivity contribution is -0.386. The van der Waals surface area contributed by atoms with E-state index < -0.39 is 22.4 Å². The average Bonchev–Trinajstić information content (AvgIpc) is 3.23. The van der Waals surface area contributed by atoms with Crippen molar-refractivity contribution in [1.29, 1.82) is 0 Å². The lowest BCUT2D eigenvalue weighted by Gasteiger charge is -2.33. The molecule has 1 aliphatic rings. The van der Waals surface area contributed by atoms with Crippen molar-refractivity contribution in [2.75, 3.05) is 21.3 Å². The molecule has 10 nitrogen and oxygen atoms in total. The third-order valence-electron chi connectivity index (χ3n) is 6.05. The summed E-state index contributed by atoms with van der Waals surface area (Å²) in [6.07, 6.45) is 2.89. The maximum absolute atomic E-state index is 12.8. The van der Waals surface area contributed by atoms with Crippen LogP contribution < -0.4 is 25.1 Å². The van der Waals surface area contributed by atoms with Crippen LogP contribution in [-0.4, -0.2) is 38.1 Å². The van der Waals surface area contributed by atoms with Crippen molar-refractivity contribution in [2.45, 2.75) is 40.0 Å². The minimum Gasteiger partial charge on any atom is -0.493 e. The number of carbonyl (C=O) groups is 2. The highest BCUT2D eigenvalue weighted by atomic mass is 32.1. The van der Waals surface area contributed by atoms with Gasteiger partial charge in [0.15, 0.2) is 5.75 Å². The topological polar surface area (TPSA) is 129 Å². The number of benzene rings is 1. The number of nitro groups is 1. The van der Waals surface area contributed by atoms with Crippen LogP contribution in [0.3, 0.4) is 0 Å². The normalized spacial score (nSPS) is 15.2. The van der Waals surface area contributed by atoms with E-state index in [4.69, 9.17) is 14.2 Å². The zero-order valence-corrected chi connectivity index (χ0v) is 20.9. The fraction of sp³-hybridized carbons (Fsp3) is 0.478. The summed E-state index contributed by atoms with van der Waals surface area (Å²) in [6, 6.07) is 3.03. The van der Waals surface area contributed by atoms with Crippen LogP contribution in [0.25, 0.3) is 0 Å². The van der Waals surface area contributed by atoms with E-state index in [9.17, 15) is 19.7 Å². The predicted octanol–water partition coefficient (Wildman–Crippen LogP) is 3.91. The van der Waals surface area contributed by atoms with Gasteiger partial charge in [0, 0.05) is 10.9 Å². The highest BCUT2D eigenvalue weighted by Crippen LogP contribution is 2.46. The van der Waals surface area contributed by atoms with E-state index in [2.05, 4.69) is 31.6 Å². The zero-order valence-electron chi connectivity index (χ0n) is 20.1. The van der Waals surface area contributed by atoms with Crippen molar-refractivity contribution in [3.63, 3.8) is 0 Å². The molecule has 0 spiro atoms. The number of methoxy groups -OCH3 is 3. The second kappa shape index (κ2) is 9.88. The molecule has 2 amide bonds. The molecule has 0 aliphatic heterocycles. The molecule has 34 heavy (non-hydrogen) atoms. The summed E-state index contributed by atoms with van der Waals surface area (Å²) < 4.78 is 15.5. The molecule has 2 aromatic rings. The Kier molecular flexibility index (Phi) is 7.35. The Morgan fingerprint density at radius 2 is 1.71 bits per heavy atom. The zero-order chi connectivity index (χ0) is 25.2. The Morgan fingerprint density at radius 3 is 2.26 bits per heavy atom. The lowest BCUT2D eigenvalue weighted by Crippen LogP contribution is -2.41. The van der Waals surface area contributed by atoms with Crippen molar-refractivity contribution in [2.24, 2.45) is 11.3 Å². The SMILES string of the molecule is COc1cc(C(=O)NNC(=O)c2cc3c(s2)CCC(C(C)(C)C)C3)c([N+](=O)[O-])c(OC)c1OC. The molecule has 0 radical (unpaired) electrons. The molecule has 1 atom stereocenters. The highest BCUT2D eigenvalue weighted by molar-refractivity contribution is 7.14. The molecule has 0 bridgehead atoms. The summed E-state index contributed by atoms with van der Waals surface area (Å²) in [5.74, 6) is -1.06. The molecule has 1 heterocycles. The minimum atomic E-state index is -0.895. The number of hydrogen-bond acceptors (Lipinski definition) is 8. The first-order valence-electron chi connectivity index (χ1n) is 10.7. The van der Waals surface area contributed by atoms with E-state index in [1.54, 1.807) is 0 Å². The molecule has 11 heteroatoms. The van der Waals surface area contributed by atoms with Gasteiger partial charge in [0.1, 0.15) is 5.56 Å². The van der Waals surface area contributed by atoms with Gasteiger partial charge in [0.05, 0.1) is 31.1 Å². The number of fused-ring (bicyclic) bond motifs is 1. The van der Waals surface area contributed by atoms with Crippen molar-refractivity contribution in [3.8, 4) is 17.2 Å². The Hall–Kier alpha value is -3.34. The summed E-state index contributed by atoms with van der Waals surface area (Å²) in [7, 11) is 3.85. The van der Waals surface area contributed by atoms with Crippen LogP contribution in [0.5, 0.6) is 17.2 Å². The number of nitro benzene ring substituents is 1. The Labute approximate surface area is 201 Å². The Balaban J connectivity index is 1.80. The predicted molar refractivity (Wildman–Crippen MR) is 127 cm³/mol. The number of nitrogens with one attached hydrogen (secondary N) is 2. The second-order valence-electron chi connectivity index (χ2n) is 9.07. The van der Waals surface area contributed by atoms with Crippen LogP contribution in [0.1, 0.15) is 57.7 Å². The van der Waals surface area contributed by atoms with E-state index in [0.717, 1.165) is 30.9 Å².